The molecule has 0 spiro atoms. The molecule has 0 bridgehead atoms. The second-order valence-corrected chi connectivity index (χ2v) is 3.02. The Hall–Kier alpha value is -0.610. The average molecular weight is 158 g/mol. The van der Waals surface area contributed by atoms with E-state index in [-0.39, 0.29) is 17.9 Å². The molecule has 0 radical (unpaired) electrons. The Balaban J connectivity index is 2.12. The summed E-state index contributed by atoms with van der Waals surface area (Å²) in [6.07, 6.45) is 2.06. The predicted molar refractivity (Wildman–Crippen MR) is 40.5 cm³/mol. The quantitative estimate of drug-likeness (QED) is 0.556. The van der Waals surface area contributed by atoms with Crippen molar-refractivity contribution in [2.75, 3.05) is 6.61 Å². The molecular formula is C7H14N2O2. The Bertz CT molecular complexity index is 145. The minimum Gasteiger partial charge on any atom is -0.351 e. The first-order valence-corrected chi connectivity index (χ1v) is 3.86. The predicted octanol–water partition coefficient (Wildman–Crippen LogP) is -0.209. The van der Waals surface area contributed by atoms with E-state index in [1.807, 2.05) is 6.92 Å². The Morgan fingerprint density at radius 2 is 2.45 bits per heavy atom. The molecule has 64 valence electrons. The van der Waals surface area contributed by atoms with Crippen LogP contribution in [0.2, 0.25) is 0 Å². The zero-order chi connectivity index (χ0) is 8.27. The lowest BCUT2D eigenvalue weighted by atomic mass is 10.3. The number of nitrogens with one attached hydrogen (secondary N) is 1. The highest BCUT2D eigenvalue weighted by Crippen LogP contribution is 2.28. The minimum absolute atomic E-state index is 0.0214. The van der Waals surface area contributed by atoms with Crippen molar-refractivity contribution >= 4 is 5.91 Å². The normalized spacial score (nSPS) is 19.5. The molecule has 4 heteroatoms. The van der Waals surface area contributed by atoms with Crippen LogP contribution in [0, 0.1) is 5.92 Å². The fourth-order valence-corrected chi connectivity index (χ4v) is 0.892. The molecule has 1 saturated carbocycles. The van der Waals surface area contributed by atoms with Gasteiger partial charge in [0.25, 0.3) is 0 Å². The van der Waals surface area contributed by atoms with Crippen molar-refractivity contribution in [1.82, 2.24) is 5.32 Å². The summed E-state index contributed by atoms with van der Waals surface area (Å²) >= 11 is 0. The van der Waals surface area contributed by atoms with Crippen LogP contribution in [0.5, 0.6) is 0 Å². The van der Waals surface area contributed by atoms with Gasteiger partial charge in [-0.25, -0.2) is 5.90 Å². The Morgan fingerprint density at radius 1 is 1.82 bits per heavy atom. The summed E-state index contributed by atoms with van der Waals surface area (Å²) < 4.78 is 0. The van der Waals surface area contributed by atoms with Crippen molar-refractivity contribution in [2.45, 2.75) is 25.8 Å². The lowest BCUT2D eigenvalue weighted by Crippen LogP contribution is -2.37. The molecule has 0 saturated heterocycles. The van der Waals surface area contributed by atoms with Gasteiger partial charge in [-0.05, 0) is 19.8 Å². The van der Waals surface area contributed by atoms with E-state index in [1.165, 1.54) is 0 Å². The second kappa shape index (κ2) is 3.69. The number of hydrogen-bond donors (Lipinski definition) is 2. The van der Waals surface area contributed by atoms with E-state index in [9.17, 15) is 4.79 Å². The van der Waals surface area contributed by atoms with Gasteiger partial charge >= 0.3 is 0 Å². The summed E-state index contributed by atoms with van der Waals surface area (Å²) in [5, 5.41) is 2.80. The first kappa shape index (κ1) is 8.49. The standard InChI is InChI=1S/C7H14N2O2/c1-5(4-11-8)9-7(10)6-2-3-6/h5-6H,2-4,8H2,1H3,(H,9,10). The SMILES string of the molecule is CC(CON)NC(=O)C1CC1. The highest BCUT2D eigenvalue weighted by atomic mass is 16.6. The van der Waals surface area contributed by atoms with Crippen LogP contribution in [0.1, 0.15) is 19.8 Å². The highest BCUT2D eigenvalue weighted by Gasteiger charge is 2.30. The smallest absolute Gasteiger partial charge is 0.223 e. The molecule has 11 heavy (non-hydrogen) atoms. The molecule has 0 heterocycles. The van der Waals surface area contributed by atoms with E-state index in [4.69, 9.17) is 5.90 Å². The van der Waals surface area contributed by atoms with Gasteiger partial charge in [0, 0.05) is 5.92 Å². The lowest BCUT2D eigenvalue weighted by molar-refractivity contribution is -0.123. The maximum Gasteiger partial charge on any atom is 0.223 e. The van der Waals surface area contributed by atoms with E-state index < -0.39 is 0 Å². The topological polar surface area (TPSA) is 64.3 Å². The third-order valence-electron chi connectivity index (χ3n) is 1.68. The van der Waals surface area contributed by atoms with Crippen LogP contribution >= 0.6 is 0 Å². The van der Waals surface area contributed by atoms with Gasteiger partial charge < -0.3 is 10.2 Å². The third-order valence-corrected chi connectivity index (χ3v) is 1.68. The molecule has 1 fully saturated rings. The molecule has 1 amide bonds. The van der Waals surface area contributed by atoms with Gasteiger partial charge in [-0.3, -0.25) is 4.79 Å². The summed E-state index contributed by atoms with van der Waals surface area (Å²) in [5.41, 5.74) is 0. The van der Waals surface area contributed by atoms with Crippen molar-refractivity contribution in [1.29, 1.82) is 0 Å². The van der Waals surface area contributed by atoms with Crippen molar-refractivity contribution < 1.29 is 9.63 Å². The zero-order valence-corrected chi connectivity index (χ0v) is 6.67. The summed E-state index contributed by atoms with van der Waals surface area (Å²) in [7, 11) is 0. The molecule has 1 atom stereocenters. The summed E-state index contributed by atoms with van der Waals surface area (Å²) in [4.78, 5) is 15.5. The van der Waals surface area contributed by atoms with E-state index in [1.54, 1.807) is 0 Å². The molecule has 1 aliphatic rings. The Morgan fingerprint density at radius 3 is 2.91 bits per heavy atom. The van der Waals surface area contributed by atoms with Crippen LogP contribution in [-0.4, -0.2) is 18.6 Å². The molecule has 0 aromatic rings. The van der Waals surface area contributed by atoms with E-state index in [2.05, 4.69) is 10.2 Å². The summed E-state index contributed by atoms with van der Waals surface area (Å²) in [6, 6.07) is 0.0214. The second-order valence-electron chi connectivity index (χ2n) is 3.02. The van der Waals surface area contributed by atoms with Crippen LogP contribution in [0.25, 0.3) is 0 Å². The molecule has 0 aliphatic heterocycles. The number of nitrogens with two attached hydrogens (primary N) is 1. The lowest BCUT2D eigenvalue weighted by Gasteiger charge is -2.11. The Kier molecular flexibility index (Phi) is 2.84. The van der Waals surface area contributed by atoms with E-state index in [0.29, 0.717) is 6.61 Å². The molecule has 0 aromatic heterocycles. The van der Waals surface area contributed by atoms with Gasteiger partial charge in [0.15, 0.2) is 0 Å². The number of rotatable bonds is 4. The van der Waals surface area contributed by atoms with Crippen molar-refractivity contribution in [3.63, 3.8) is 0 Å². The molecule has 0 aromatic carbocycles. The van der Waals surface area contributed by atoms with Crippen LogP contribution in [0.3, 0.4) is 0 Å². The van der Waals surface area contributed by atoms with Gasteiger partial charge in [0.2, 0.25) is 5.91 Å². The number of carbonyl (C=O) groups is 1. The number of carbonyl (C=O) groups excluding carboxylic acids is 1. The summed E-state index contributed by atoms with van der Waals surface area (Å²) in [6.45, 7) is 2.24. The molecule has 1 rings (SSSR count). The van der Waals surface area contributed by atoms with Crippen molar-refractivity contribution in [3.8, 4) is 0 Å². The molecule has 1 aliphatic carbocycles. The van der Waals surface area contributed by atoms with Crippen LogP contribution in [0.4, 0.5) is 0 Å². The average Bonchev–Trinajstić information content (AvgIpc) is 2.67. The summed E-state index contributed by atoms with van der Waals surface area (Å²) in [5.74, 6) is 5.24. The minimum atomic E-state index is 0.0214. The van der Waals surface area contributed by atoms with E-state index in [0.717, 1.165) is 12.8 Å². The monoisotopic (exact) mass is 158 g/mol. The van der Waals surface area contributed by atoms with Crippen molar-refractivity contribution in [3.05, 3.63) is 0 Å². The third kappa shape index (κ3) is 2.86. The van der Waals surface area contributed by atoms with Gasteiger partial charge in [0.1, 0.15) is 0 Å². The van der Waals surface area contributed by atoms with Gasteiger partial charge in [-0.15, -0.1) is 0 Å². The molecule has 3 N–H and O–H groups in total. The van der Waals surface area contributed by atoms with Gasteiger partial charge in [-0.2, -0.15) is 0 Å². The maximum absolute atomic E-state index is 11.1. The molecular weight excluding hydrogens is 144 g/mol. The van der Waals surface area contributed by atoms with Gasteiger partial charge in [0.05, 0.1) is 12.6 Å². The van der Waals surface area contributed by atoms with Crippen LogP contribution in [-0.2, 0) is 9.63 Å². The fourth-order valence-electron chi connectivity index (χ4n) is 0.892. The van der Waals surface area contributed by atoms with Crippen LogP contribution < -0.4 is 11.2 Å². The molecule has 4 nitrogen and oxygen atoms in total. The van der Waals surface area contributed by atoms with Crippen molar-refractivity contribution in [2.24, 2.45) is 11.8 Å². The van der Waals surface area contributed by atoms with Gasteiger partial charge in [-0.1, -0.05) is 0 Å². The Labute approximate surface area is 66.0 Å². The molecule has 1 unspecified atom stereocenters. The maximum atomic E-state index is 11.1. The fraction of sp³-hybridized carbons (Fsp3) is 0.857. The highest BCUT2D eigenvalue weighted by molar-refractivity contribution is 5.81. The largest absolute Gasteiger partial charge is 0.351 e. The zero-order valence-electron chi connectivity index (χ0n) is 6.67. The first-order chi connectivity index (χ1) is 5.24. The number of hydrogen-bond acceptors (Lipinski definition) is 3. The van der Waals surface area contributed by atoms with E-state index >= 15 is 0 Å². The first-order valence-electron chi connectivity index (χ1n) is 3.86. The van der Waals surface area contributed by atoms with Crippen LogP contribution in [0.15, 0.2) is 0 Å². The number of amides is 1.